The van der Waals surface area contributed by atoms with Crippen LogP contribution in [-0.2, 0) is 4.79 Å². The number of hydrogen-bond acceptors (Lipinski definition) is 4. The molecule has 1 aromatic heterocycles. The molecule has 0 bridgehead atoms. The van der Waals surface area contributed by atoms with E-state index >= 15 is 0 Å². The van der Waals surface area contributed by atoms with Crippen molar-refractivity contribution in [3.8, 4) is 0 Å². The molecule has 2 unspecified atom stereocenters. The molecule has 1 heterocycles. The van der Waals surface area contributed by atoms with E-state index in [0.29, 0.717) is 18.7 Å². The summed E-state index contributed by atoms with van der Waals surface area (Å²) in [5.74, 6) is -0.696. The van der Waals surface area contributed by atoms with Gasteiger partial charge in [0.25, 0.3) is 5.91 Å². The van der Waals surface area contributed by atoms with E-state index in [1.165, 1.54) is 0 Å². The summed E-state index contributed by atoms with van der Waals surface area (Å²) >= 11 is 0. The molecule has 2 rings (SSSR count). The number of H-pyrrole nitrogens is 1. The van der Waals surface area contributed by atoms with Crippen molar-refractivity contribution in [3.63, 3.8) is 0 Å². The first kappa shape index (κ1) is 13.5. The number of carboxylic acid groups (broad SMARTS) is 1. The molecular formula is C12H18N4O3. The zero-order chi connectivity index (χ0) is 14.0. The number of carbonyl (C=O) groups is 2. The summed E-state index contributed by atoms with van der Waals surface area (Å²) < 4.78 is 0. The highest BCUT2D eigenvalue weighted by molar-refractivity contribution is 5.91. The molecule has 1 aliphatic rings. The largest absolute Gasteiger partial charge is 0.481 e. The Kier molecular flexibility index (Phi) is 3.55. The molecule has 1 fully saturated rings. The summed E-state index contributed by atoms with van der Waals surface area (Å²) in [5.41, 5.74) is -0.917. The topological polar surface area (TPSA) is 108 Å². The monoisotopic (exact) mass is 266 g/mol. The van der Waals surface area contributed by atoms with Gasteiger partial charge in [0.2, 0.25) is 5.82 Å². The van der Waals surface area contributed by atoms with Crippen LogP contribution >= 0.6 is 0 Å². The zero-order valence-corrected chi connectivity index (χ0v) is 11.1. The van der Waals surface area contributed by atoms with Crippen molar-refractivity contribution in [3.05, 3.63) is 11.6 Å². The number of carbonyl (C=O) groups excluding carboxylic acids is 1. The fourth-order valence-corrected chi connectivity index (χ4v) is 2.49. The molecule has 0 aromatic carbocycles. The lowest BCUT2D eigenvalue weighted by Gasteiger charge is -2.38. The third-order valence-electron chi connectivity index (χ3n) is 3.80. The number of amides is 1. The smallest absolute Gasteiger partial charge is 0.311 e. The van der Waals surface area contributed by atoms with Gasteiger partial charge in [0.05, 0.1) is 5.41 Å². The number of nitrogens with one attached hydrogen (secondary N) is 2. The van der Waals surface area contributed by atoms with Crippen LogP contribution in [0.3, 0.4) is 0 Å². The Morgan fingerprint density at radius 1 is 1.47 bits per heavy atom. The molecule has 3 N–H and O–H groups in total. The van der Waals surface area contributed by atoms with Gasteiger partial charge in [-0.3, -0.25) is 14.7 Å². The lowest BCUT2D eigenvalue weighted by atomic mass is 9.71. The summed E-state index contributed by atoms with van der Waals surface area (Å²) in [5, 5.41) is 18.5. The number of aryl methyl sites for hydroxylation is 1. The van der Waals surface area contributed by atoms with Gasteiger partial charge in [0.1, 0.15) is 5.82 Å². The van der Waals surface area contributed by atoms with Gasteiger partial charge >= 0.3 is 5.97 Å². The van der Waals surface area contributed by atoms with Crippen LogP contribution in [0, 0.1) is 12.3 Å². The SMILES string of the molecule is Cc1nc(C(=O)NC2CCCCC2(C)C(=O)O)n[nH]1. The summed E-state index contributed by atoms with van der Waals surface area (Å²) in [6.07, 6.45) is 3.02. The summed E-state index contributed by atoms with van der Waals surface area (Å²) in [4.78, 5) is 27.4. The second kappa shape index (κ2) is 4.99. The predicted octanol–water partition coefficient (Wildman–Crippen LogP) is 0.876. The van der Waals surface area contributed by atoms with E-state index < -0.39 is 17.3 Å². The van der Waals surface area contributed by atoms with Crippen LogP contribution in [0.15, 0.2) is 0 Å². The molecule has 19 heavy (non-hydrogen) atoms. The van der Waals surface area contributed by atoms with Gasteiger partial charge < -0.3 is 10.4 Å². The zero-order valence-electron chi connectivity index (χ0n) is 11.1. The lowest BCUT2D eigenvalue weighted by molar-refractivity contribution is -0.151. The number of aromatic amines is 1. The lowest BCUT2D eigenvalue weighted by Crippen LogP contribution is -2.52. The molecule has 0 saturated heterocycles. The van der Waals surface area contributed by atoms with Gasteiger partial charge in [-0.05, 0) is 26.7 Å². The van der Waals surface area contributed by atoms with Crippen molar-refractivity contribution in [2.45, 2.75) is 45.6 Å². The number of nitrogens with zero attached hydrogens (tertiary/aromatic N) is 2. The van der Waals surface area contributed by atoms with Gasteiger partial charge in [-0.25, -0.2) is 4.98 Å². The molecule has 2 atom stereocenters. The molecule has 1 saturated carbocycles. The van der Waals surface area contributed by atoms with E-state index in [1.54, 1.807) is 13.8 Å². The predicted molar refractivity (Wildman–Crippen MR) is 66.6 cm³/mol. The Hall–Kier alpha value is -1.92. The maximum Gasteiger partial charge on any atom is 0.311 e. The number of rotatable bonds is 3. The van der Waals surface area contributed by atoms with E-state index in [9.17, 15) is 14.7 Å². The second-order valence-electron chi connectivity index (χ2n) is 5.24. The molecule has 1 aliphatic carbocycles. The van der Waals surface area contributed by atoms with Crippen molar-refractivity contribution in [2.24, 2.45) is 5.41 Å². The minimum Gasteiger partial charge on any atom is -0.481 e. The fourth-order valence-electron chi connectivity index (χ4n) is 2.49. The quantitative estimate of drug-likeness (QED) is 0.752. The Morgan fingerprint density at radius 3 is 2.79 bits per heavy atom. The van der Waals surface area contributed by atoms with Crippen molar-refractivity contribution in [1.82, 2.24) is 20.5 Å². The third kappa shape index (κ3) is 2.59. The maximum absolute atomic E-state index is 12.0. The maximum atomic E-state index is 12.0. The van der Waals surface area contributed by atoms with Crippen molar-refractivity contribution in [2.75, 3.05) is 0 Å². The highest BCUT2D eigenvalue weighted by atomic mass is 16.4. The fraction of sp³-hybridized carbons (Fsp3) is 0.667. The van der Waals surface area contributed by atoms with E-state index in [1.807, 2.05) is 0 Å². The van der Waals surface area contributed by atoms with Crippen LogP contribution in [0.1, 0.15) is 49.1 Å². The number of aliphatic carboxylic acids is 1. The van der Waals surface area contributed by atoms with Gasteiger partial charge in [-0.2, -0.15) is 0 Å². The Bertz CT molecular complexity index is 499. The average molecular weight is 266 g/mol. The van der Waals surface area contributed by atoms with E-state index in [2.05, 4.69) is 20.5 Å². The normalized spacial score (nSPS) is 26.9. The highest BCUT2D eigenvalue weighted by Gasteiger charge is 2.44. The molecule has 7 heteroatoms. The molecule has 1 amide bonds. The standard InChI is InChI=1S/C12H18N4O3/c1-7-13-9(16-15-7)10(17)14-8-5-3-4-6-12(8,2)11(18)19/h8H,3-6H2,1-2H3,(H,14,17)(H,18,19)(H,13,15,16). The van der Waals surface area contributed by atoms with Crippen LogP contribution in [0.5, 0.6) is 0 Å². The van der Waals surface area contributed by atoms with Crippen LogP contribution in [-0.4, -0.2) is 38.2 Å². The molecule has 7 nitrogen and oxygen atoms in total. The molecule has 1 aromatic rings. The Balaban J connectivity index is 2.12. The summed E-state index contributed by atoms with van der Waals surface area (Å²) in [6.45, 7) is 3.38. The average Bonchev–Trinajstić information content (AvgIpc) is 2.79. The van der Waals surface area contributed by atoms with Crippen LogP contribution in [0.25, 0.3) is 0 Å². The van der Waals surface area contributed by atoms with E-state index in [0.717, 1.165) is 12.8 Å². The van der Waals surface area contributed by atoms with Crippen molar-refractivity contribution in [1.29, 1.82) is 0 Å². The first-order valence-corrected chi connectivity index (χ1v) is 6.37. The highest BCUT2D eigenvalue weighted by Crippen LogP contribution is 2.36. The number of aromatic nitrogens is 3. The van der Waals surface area contributed by atoms with Crippen molar-refractivity contribution < 1.29 is 14.7 Å². The minimum atomic E-state index is -0.917. The Labute approximate surface area is 110 Å². The van der Waals surface area contributed by atoms with Gasteiger partial charge in [-0.15, -0.1) is 5.10 Å². The van der Waals surface area contributed by atoms with Gasteiger partial charge in [0, 0.05) is 6.04 Å². The van der Waals surface area contributed by atoms with E-state index in [-0.39, 0.29) is 11.9 Å². The molecule has 104 valence electrons. The van der Waals surface area contributed by atoms with Gasteiger partial charge in [0.15, 0.2) is 0 Å². The van der Waals surface area contributed by atoms with E-state index in [4.69, 9.17) is 0 Å². The minimum absolute atomic E-state index is 0.0517. The van der Waals surface area contributed by atoms with Crippen LogP contribution < -0.4 is 5.32 Å². The number of hydrogen-bond donors (Lipinski definition) is 3. The summed E-state index contributed by atoms with van der Waals surface area (Å²) in [6, 6.07) is -0.384. The summed E-state index contributed by atoms with van der Waals surface area (Å²) in [7, 11) is 0. The third-order valence-corrected chi connectivity index (χ3v) is 3.80. The molecule has 0 radical (unpaired) electrons. The molecule has 0 spiro atoms. The van der Waals surface area contributed by atoms with Crippen LogP contribution in [0.4, 0.5) is 0 Å². The Morgan fingerprint density at radius 2 is 2.21 bits per heavy atom. The second-order valence-corrected chi connectivity index (χ2v) is 5.24. The van der Waals surface area contributed by atoms with Crippen LogP contribution in [0.2, 0.25) is 0 Å². The molecule has 0 aliphatic heterocycles. The van der Waals surface area contributed by atoms with Gasteiger partial charge in [-0.1, -0.05) is 12.8 Å². The van der Waals surface area contributed by atoms with Crippen molar-refractivity contribution >= 4 is 11.9 Å². The molecular weight excluding hydrogens is 248 g/mol. The number of carboxylic acids is 1. The first-order chi connectivity index (χ1) is 8.93. The first-order valence-electron chi connectivity index (χ1n) is 6.37.